The number of benzene rings is 1. The molecule has 108 valence electrons. The molecule has 0 aliphatic carbocycles. The molecule has 0 bridgehead atoms. The maximum absolute atomic E-state index is 12.3. The van der Waals surface area contributed by atoms with E-state index in [1.165, 1.54) is 0 Å². The lowest BCUT2D eigenvalue weighted by Gasteiger charge is -2.21. The van der Waals surface area contributed by atoms with Crippen molar-refractivity contribution in [1.82, 2.24) is 4.72 Å². The van der Waals surface area contributed by atoms with Gasteiger partial charge in [-0.2, -0.15) is 0 Å². The van der Waals surface area contributed by atoms with Crippen molar-refractivity contribution in [3.05, 3.63) is 29.3 Å². The van der Waals surface area contributed by atoms with E-state index >= 15 is 0 Å². The molecule has 0 aliphatic heterocycles. The van der Waals surface area contributed by atoms with Gasteiger partial charge in [-0.1, -0.05) is 32.9 Å². The number of rotatable bonds is 4. The van der Waals surface area contributed by atoms with Gasteiger partial charge >= 0.3 is 0 Å². The summed E-state index contributed by atoms with van der Waals surface area (Å²) in [6.45, 7) is 9.98. The summed E-state index contributed by atoms with van der Waals surface area (Å²) in [4.78, 5) is 0.334. The van der Waals surface area contributed by atoms with Crippen molar-refractivity contribution in [2.24, 2.45) is 5.73 Å². The molecule has 1 atom stereocenters. The van der Waals surface area contributed by atoms with E-state index in [4.69, 9.17) is 5.73 Å². The van der Waals surface area contributed by atoms with E-state index in [0.29, 0.717) is 4.90 Å². The van der Waals surface area contributed by atoms with Crippen molar-refractivity contribution in [2.45, 2.75) is 51.0 Å². The summed E-state index contributed by atoms with van der Waals surface area (Å²) < 4.78 is 27.1. The van der Waals surface area contributed by atoms with Crippen LogP contribution in [-0.2, 0) is 15.4 Å². The van der Waals surface area contributed by atoms with Crippen LogP contribution in [0.2, 0.25) is 0 Å². The molecule has 4 nitrogen and oxygen atoms in total. The van der Waals surface area contributed by atoms with Crippen LogP contribution in [0.15, 0.2) is 23.1 Å². The van der Waals surface area contributed by atoms with Gasteiger partial charge in [0.25, 0.3) is 0 Å². The lowest BCUT2D eigenvalue weighted by atomic mass is 9.87. The molecule has 0 aromatic heterocycles. The van der Waals surface area contributed by atoms with Crippen LogP contribution in [0.1, 0.15) is 38.8 Å². The van der Waals surface area contributed by atoms with E-state index in [1.54, 1.807) is 19.9 Å². The highest BCUT2D eigenvalue weighted by Crippen LogP contribution is 2.26. The zero-order valence-electron chi connectivity index (χ0n) is 12.3. The second-order valence-electron chi connectivity index (χ2n) is 6.06. The minimum absolute atomic E-state index is 0.0842. The Balaban J connectivity index is 3.19. The average molecular weight is 284 g/mol. The van der Waals surface area contributed by atoms with Crippen LogP contribution in [0.5, 0.6) is 0 Å². The maximum Gasteiger partial charge on any atom is 0.240 e. The number of aryl methyl sites for hydroxylation is 1. The summed E-state index contributed by atoms with van der Waals surface area (Å²) in [5.41, 5.74) is 7.24. The maximum atomic E-state index is 12.3. The quantitative estimate of drug-likeness (QED) is 0.887. The second kappa shape index (κ2) is 5.61. The lowest BCUT2D eigenvalue weighted by molar-refractivity contribution is 0.569. The molecule has 5 heteroatoms. The van der Waals surface area contributed by atoms with Crippen molar-refractivity contribution in [2.75, 3.05) is 6.54 Å². The number of nitrogens with one attached hydrogen (secondary N) is 1. The Hall–Kier alpha value is -0.910. The predicted molar refractivity (Wildman–Crippen MR) is 78.7 cm³/mol. The molecule has 0 amide bonds. The highest BCUT2D eigenvalue weighted by Gasteiger charge is 2.21. The number of sulfonamides is 1. The minimum atomic E-state index is -3.50. The van der Waals surface area contributed by atoms with Gasteiger partial charge in [-0.25, -0.2) is 13.1 Å². The lowest BCUT2D eigenvalue weighted by Crippen LogP contribution is -2.35. The zero-order valence-corrected chi connectivity index (χ0v) is 13.1. The highest BCUT2D eigenvalue weighted by atomic mass is 32.2. The highest BCUT2D eigenvalue weighted by molar-refractivity contribution is 7.89. The van der Waals surface area contributed by atoms with E-state index < -0.39 is 10.0 Å². The summed E-state index contributed by atoms with van der Waals surface area (Å²) in [6.07, 6.45) is 0. The fourth-order valence-electron chi connectivity index (χ4n) is 1.68. The Morgan fingerprint density at radius 2 is 1.89 bits per heavy atom. The van der Waals surface area contributed by atoms with Crippen molar-refractivity contribution in [1.29, 1.82) is 0 Å². The predicted octanol–water partition coefficient (Wildman–Crippen LogP) is 1.92. The van der Waals surface area contributed by atoms with Crippen molar-refractivity contribution >= 4 is 10.0 Å². The summed E-state index contributed by atoms with van der Waals surface area (Å²) in [5, 5.41) is 0. The van der Waals surface area contributed by atoms with E-state index in [-0.39, 0.29) is 18.0 Å². The van der Waals surface area contributed by atoms with Gasteiger partial charge in [-0.3, -0.25) is 0 Å². The monoisotopic (exact) mass is 284 g/mol. The fourth-order valence-corrected chi connectivity index (χ4v) is 3.09. The van der Waals surface area contributed by atoms with Gasteiger partial charge < -0.3 is 5.73 Å². The third-order valence-corrected chi connectivity index (χ3v) is 4.50. The van der Waals surface area contributed by atoms with Gasteiger partial charge in [0.2, 0.25) is 10.0 Å². The molecule has 0 aliphatic rings. The van der Waals surface area contributed by atoms with Crippen molar-refractivity contribution in [3.63, 3.8) is 0 Å². The normalized spacial score (nSPS) is 14.4. The molecule has 0 radical (unpaired) electrons. The van der Waals surface area contributed by atoms with Crippen LogP contribution in [0.3, 0.4) is 0 Å². The van der Waals surface area contributed by atoms with Crippen LogP contribution in [0, 0.1) is 6.92 Å². The Labute approximate surface area is 116 Å². The Bertz CT molecular complexity index is 543. The van der Waals surface area contributed by atoms with E-state index in [9.17, 15) is 8.42 Å². The molecule has 0 fully saturated rings. The first-order chi connectivity index (χ1) is 8.54. The molecular formula is C14H24N2O2S. The van der Waals surface area contributed by atoms with Gasteiger partial charge in [0.05, 0.1) is 4.90 Å². The molecule has 1 rings (SSSR count). The first kappa shape index (κ1) is 16.1. The summed E-state index contributed by atoms with van der Waals surface area (Å²) in [6, 6.07) is 5.36. The molecule has 0 saturated heterocycles. The number of hydrogen-bond acceptors (Lipinski definition) is 3. The largest absolute Gasteiger partial charge is 0.327 e. The topological polar surface area (TPSA) is 72.2 Å². The Morgan fingerprint density at radius 1 is 1.32 bits per heavy atom. The van der Waals surface area contributed by atoms with Gasteiger partial charge in [0, 0.05) is 12.6 Å². The summed E-state index contributed by atoms with van der Waals surface area (Å²) >= 11 is 0. The smallest absolute Gasteiger partial charge is 0.240 e. The van der Waals surface area contributed by atoms with Crippen molar-refractivity contribution < 1.29 is 8.42 Å². The standard InChI is InChI=1S/C14H24N2O2S/c1-10-6-7-12(14(3,4)5)8-13(10)19(17,18)16-9-11(2)15/h6-8,11,16H,9,15H2,1-5H3. The van der Waals surface area contributed by atoms with Gasteiger partial charge in [0.15, 0.2) is 0 Å². The molecule has 1 aromatic carbocycles. The zero-order chi connectivity index (χ0) is 14.8. The first-order valence-electron chi connectivity index (χ1n) is 6.40. The van der Waals surface area contributed by atoms with Gasteiger partial charge in [0.1, 0.15) is 0 Å². The average Bonchev–Trinajstić information content (AvgIpc) is 2.25. The first-order valence-corrected chi connectivity index (χ1v) is 7.89. The van der Waals surface area contributed by atoms with E-state index in [0.717, 1.165) is 11.1 Å². The molecule has 0 spiro atoms. The molecule has 1 aromatic rings. The van der Waals surface area contributed by atoms with Gasteiger partial charge in [-0.15, -0.1) is 0 Å². The molecule has 3 N–H and O–H groups in total. The van der Waals surface area contributed by atoms with E-state index in [2.05, 4.69) is 25.5 Å². The van der Waals surface area contributed by atoms with E-state index in [1.807, 2.05) is 12.1 Å². The second-order valence-corrected chi connectivity index (χ2v) is 7.79. The third kappa shape index (κ3) is 4.30. The van der Waals surface area contributed by atoms with Crippen LogP contribution >= 0.6 is 0 Å². The van der Waals surface area contributed by atoms with Crippen LogP contribution in [-0.4, -0.2) is 21.0 Å². The molecule has 19 heavy (non-hydrogen) atoms. The van der Waals surface area contributed by atoms with Crippen LogP contribution in [0.4, 0.5) is 0 Å². The molecule has 1 unspecified atom stereocenters. The van der Waals surface area contributed by atoms with Gasteiger partial charge in [-0.05, 0) is 36.5 Å². The molecule has 0 saturated carbocycles. The number of nitrogens with two attached hydrogens (primary N) is 1. The minimum Gasteiger partial charge on any atom is -0.327 e. The Morgan fingerprint density at radius 3 is 2.37 bits per heavy atom. The number of hydrogen-bond donors (Lipinski definition) is 2. The van der Waals surface area contributed by atoms with Crippen molar-refractivity contribution in [3.8, 4) is 0 Å². The third-order valence-electron chi connectivity index (χ3n) is 2.94. The summed E-state index contributed by atoms with van der Waals surface area (Å²) in [5.74, 6) is 0. The summed E-state index contributed by atoms with van der Waals surface area (Å²) in [7, 11) is -3.50. The van der Waals surface area contributed by atoms with Crippen LogP contribution < -0.4 is 10.5 Å². The Kier molecular flexibility index (Phi) is 4.76. The molecule has 0 heterocycles. The molecular weight excluding hydrogens is 260 g/mol. The fraction of sp³-hybridized carbons (Fsp3) is 0.571. The SMILES string of the molecule is Cc1ccc(C(C)(C)C)cc1S(=O)(=O)NCC(C)N. The van der Waals surface area contributed by atoms with Crippen LogP contribution in [0.25, 0.3) is 0 Å².